The van der Waals surface area contributed by atoms with Crippen molar-refractivity contribution in [1.29, 1.82) is 0 Å². The zero-order chi connectivity index (χ0) is 53.8. The van der Waals surface area contributed by atoms with Crippen LogP contribution in [0.25, 0.3) is 17.1 Å². The highest BCUT2D eigenvalue weighted by Crippen LogP contribution is 2.32. The van der Waals surface area contributed by atoms with Crippen LogP contribution in [0.1, 0.15) is 16.7 Å². The number of rotatable bonds is 9. The van der Waals surface area contributed by atoms with E-state index in [1.165, 1.54) is 27.8 Å². The van der Waals surface area contributed by atoms with E-state index in [4.69, 9.17) is 0 Å². The molecule has 0 radical (unpaired) electrons. The van der Waals surface area contributed by atoms with Gasteiger partial charge in [-0.2, -0.15) is 68.9 Å². The van der Waals surface area contributed by atoms with Crippen LogP contribution in [0.5, 0.6) is 0 Å². The van der Waals surface area contributed by atoms with E-state index >= 15 is 0 Å². The minimum atomic E-state index is -4.67. The lowest BCUT2D eigenvalue weighted by molar-refractivity contribution is -0.106. The fourth-order valence-corrected chi connectivity index (χ4v) is 8.63. The molecule has 6 aromatic rings. The molecule has 32 heteroatoms. The summed E-state index contributed by atoms with van der Waals surface area (Å²) in [5.74, 6) is -7.08. The molecular formula is C39H33F12N9O8S3. The van der Waals surface area contributed by atoms with Crippen molar-refractivity contribution in [2.45, 2.75) is 54.0 Å². The molecule has 3 heterocycles. The van der Waals surface area contributed by atoms with Crippen LogP contribution in [0.3, 0.4) is 0 Å². The van der Waals surface area contributed by atoms with Gasteiger partial charge in [-0.05, 0) is 73.9 Å². The van der Waals surface area contributed by atoms with Gasteiger partial charge in [0.25, 0.3) is 16.7 Å². The van der Waals surface area contributed by atoms with E-state index in [9.17, 15) is 89.9 Å². The van der Waals surface area contributed by atoms with Crippen molar-refractivity contribution in [3.8, 4) is 17.1 Å². The van der Waals surface area contributed by atoms with Gasteiger partial charge >= 0.3 is 35.6 Å². The van der Waals surface area contributed by atoms with Gasteiger partial charge in [-0.25, -0.2) is 27.6 Å². The Morgan fingerprint density at radius 2 is 0.775 bits per heavy atom. The molecule has 0 amide bonds. The predicted molar refractivity (Wildman–Crippen MR) is 231 cm³/mol. The van der Waals surface area contributed by atoms with Crippen molar-refractivity contribution in [1.82, 2.24) is 43.0 Å². The summed E-state index contributed by atoms with van der Waals surface area (Å²) in [4.78, 5) is 69.5. The number of benzene rings is 3. The van der Waals surface area contributed by atoms with Crippen LogP contribution in [-0.4, -0.2) is 87.2 Å². The van der Waals surface area contributed by atoms with Gasteiger partial charge in [-0.3, -0.25) is 36.5 Å². The van der Waals surface area contributed by atoms with Gasteiger partial charge in [0.1, 0.15) is 64.6 Å². The third-order valence-electron chi connectivity index (χ3n) is 9.14. The predicted octanol–water partition coefficient (Wildman–Crippen LogP) is 4.13. The first-order valence-corrected chi connectivity index (χ1v) is 22.7. The van der Waals surface area contributed by atoms with Crippen LogP contribution in [0.15, 0.2) is 98.4 Å². The third kappa shape index (κ3) is 14.5. The lowest BCUT2D eigenvalue weighted by atomic mass is 10.2. The molecule has 3 aromatic heterocycles. The fourth-order valence-electron chi connectivity index (χ4n) is 5.61. The number of halogens is 12. The van der Waals surface area contributed by atoms with Crippen molar-refractivity contribution in [3.05, 3.63) is 152 Å². The number of aromatic nitrogens is 9. The molecule has 0 saturated heterocycles. The summed E-state index contributed by atoms with van der Waals surface area (Å²) in [7, 11) is -1.49. The first-order valence-electron chi connectivity index (χ1n) is 19.1. The van der Waals surface area contributed by atoms with E-state index in [2.05, 4.69) is 15.3 Å². The van der Waals surface area contributed by atoms with E-state index in [-0.39, 0.29) is 31.5 Å². The zero-order valence-corrected chi connectivity index (χ0v) is 39.3. The normalized spacial score (nSPS) is 12.6. The molecule has 0 saturated carbocycles. The molecule has 17 nitrogen and oxygen atoms in total. The second-order valence-electron chi connectivity index (χ2n) is 14.5. The molecule has 0 fully saturated rings. The van der Waals surface area contributed by atoms with Gasteiger partial charge in [0.2, 0.25) is 0 Å². The number of aryl methyl sites for hydroxylation is 3. The Balaban J connectivity index is 0.000000231. The summed E-state index contributed by atoms with van der Waals surface area (Å²) >= 11 is 0.481. The molecular weight excluding hydrogens is 1050 g/mol. The SMILES string of the molecule is Cc1cc(F)c(-n2ncc(=O)n(C)c2=O)cc1S(=O)CC(F)(F)F.Cc1cc(F)c(-n2ncc(=O)n(C)c2=O)cc1S(=O)CC(F)(F)F.Cc1cc(F)c(-n2ncc(=O)n(C)c2=O)cc1SCC(F)(F)F. The van der Waals surface area contributed by atoms with Crippen LogP contribution in [0, 0.1) is 38.2 Å². The average Bonchev–Trinajstić information content (AvgIpc) is 3.23. The minimum Gasteiger partial charge on any atom is -0.267 e. The smallest absolute Gasteiger partial charge is 0.267 e. The Morgan fingerprint density at radius 1 is 0.479 bits per heavy atom. The minimum absolute atomic E-state index is 0.0386. The fraction of sp³-hybridized carbons (Fsp3) is 0.308. The standard InChI is InChI=1S/2C13H11F4N3O3S.C13H11F4N3O2S/c2*1-7-3-8(14)9(4-10(7)24(23)6-13(15,16)17)20-12(22)19(2)11(21)5-18-20;1-7-3-8(14)9(4-10(7)23-6-13(15,16)17)20-12(22)19(2)11(21)5-18-20/h2*3-5H,6H2,1-2H3;3-5H,6H2,1-2H3. The molecule has 0 aliphatic heterocycles. The van der Waals surface area contributed by atoms with Gasteiger partial charge in [0, 0.05) is 35.8 Å². The van der Waals surface area contributed by atoms with Crippen molar-refractivity contribution in [3.63, 3.8) is 0 Å². The molecule has 6 rings (SSSR count). The van der Waals surface area contributed by atoms with Gasteiger partial charge in [-0.15, -0.1) is 11.8 Å². The molecule has 0 N–H and O–H groups in total. The van der Waals surface area contributed by atoms with Crippen molar-refractivity contribution in [2.24, 2.45) is 21.1 Å². The molecule has 71 heavy (non-hydrogen) atoms. The Labute approximate surface area is 397 Å². The van der Waals surface area contributed by atoms with Gasteiger partial charge in [0.05, 0.1) is 27.4 Å². The maximum atomic E-state index is 14.1. The molecule has 3 aromatic carbocycles. The second kappa shape index (κ2) is 22.2. The molecule has 0 spiro atoms. The summed E-state index contributed by atoms with van der Waals surface area (Å²) < 4.78 is 181. The maximum absolute atomic E-state index is 14.1. The number of hydrogen-bond acceptors (Lipinski definition) is 12. The molecule has 0 bridgehead atoms. The van der Waals surface area contributed by atoms with Gasteiger partial charge in [-0.1, -0.05) is 0 Å². The lowest BCUT2D eigenvalue weighted by Crippen LogP contribution is -2.38. The van der Waals surface area contributed by atoms with Gasteiger partial charge < -0.3 is 0 Å². The maximum Gasteiger partial charge on any atom is 0.400 e. The number of alkyl halides is 9. The summed E-state index contributed by atoms with van der Waals surface area (Å²) in [5, 5.41) is 10.5. The highest BCUT2D eigenvalue weighted by Gasteiger charge is 2.33. The molecule has 0 aliphatic rings. The third-order valence-corrected chi connectivity index (χ3v) is 13.4. The zero-order valence-electron chi connectivity index (χ0n) is 36.9. The first kappa shape index (κ1) is 56.9. The largest absolute Gasteiger partial charge is 0.400 e. The summed E-state index contributed by atoms with van der Waals surface area (Å²) in [6.07, 6.45) is -11.4. The van der Waals surface area contributed by atoms with Crippen LogP contribution in [-0.2, 0) is 42.7 Å². The Kier molecular flexibility index (Phi) is 17.8. The van der Waals surface area contributed by atoms with Crippen molar-refractivity contribution in [2.75, 3.05) is 17.3 Å². The topological polar surface area (TPSA) is 205 Å². The average molecular weight is 1080 g/mol. The number of thioether (sulfide) groups is 1. The molecule has 0 aliphatic carbocycles. The van der Waals surface area contributed by atoms with Crippen molar-refractivity contribution < 1.29 is 61.1 Å². The van der Waals surface area contributed by atoms with Crippen LogP contribution in [0.2, 0.25) is 0 Å². The Hall–Kier alpha value is -6.70. The highest BCUT2D eigenvalue weighted by molar-refractivity contribution is 7.99. The number of nitrogens with zero attached hydrogens (tertiary/aromatic N) is 9. The van der Waals surface area contributed by atoms with E-state index in [0.29, 0.717) is 40.5 Å². The highest BCUT2D eigenvalue weighted by atomic mass is 32.2. The van der Waals surface area contributed by atoms with Crippen LogP contribution < -0.4 is 33.7 Å². The van der Waals surface area contributed by atoms with E-state index in [1.807, 2.05) is 0 Å². The van der Waals surface area contributed by atoms with Gasteiger partial charge in [0.15, 0.2) is 0 Å². The van der Waals surface area contributed by atoms with E-state index in [1.54, 1.807) is 0 Å². The first-order chi connectivity index (χ1) is 32.6. The second-order valence-corrected chi connectivity index (χ2v) is 18.4. The van der Waals surface area contributed by atoms with E-state index in [0.717, 1.165) is 73.7 Å². The molecule has 2 atom stereocenters. The van der Waals surface area contributed by atoms with E-state index < -0.39 is 120 Å². The van der Waals surface area contributed by atoms with Crippen LogP contribution >= 0.6 is 11.8 Å². The number of hydrogen-bond donors (Lipinski definition) is 0. The molecule has 2 unspecified atom stereocenters. The summed E-state index contributed by atoms with van der Waals surface area (Å²) in [6, 6.07) is 5.58. The van der Waals surface area contributed by atoms with Crippen molar-refractivity contribution >= 4 is 33.4 Å². The summed E-state index contributed by atoms with van der Waals surface area (Å²) in [6.45, 7) is 4.06. The van der Waals surface area contributed by atoms with Crippen LogP contribution in [0.4, 0.5) is 52.7 Å². The summed E-state index contributed by atoms with van der Waals surface area (Å²) in [5.41, 5.74) is -5.94. The monoisotopic (exact) mass is 1080 g/mol. The Morgan fingerprint density at radius 3 is 1.07 bits per heavy atom. The Bertz CT molecular complexity index is 3280. The lowest BCUT2D eigenvalue weighted by Gasteiger charge is -2.12. The molecule has 384 valence electrons. The quantitative estimate of drug-likeness (QED) is 0.148.